The number of benzene rings is 2. The molecular formula is C22H25N3O2. The molecule has 2 unspecified atom stereocenters. The fourth-order valence-corrected chi connectivity index (χ4v) is 3.82. The van der Waals surface area contributed by atoms with Gasteiger partial charge in [0.25, 0.3) is 0 Å². The SMILES string of the molecule is CC(=O)N1CCN(c2ccc(NC(=O)C3CC3c3ccccc3)cc2)CC1. The molecule has 140 valence electrons. The third kappa shape index (κ3) is 3.97. The van der Waals surface area contributed by atoms with E-state index in [1.165, 1.54) is 5.56 Å². The first kappa shape index (κ1) is 17.6. The first-order valence-corrected chi connectivity index (χ1v) is 9.58. The minimum atomic E-state index is 0.0757. The van der Waals surface area contributed by atoms with Crippen molar-refractivity contribution in [3.63, 3.8) is 0 Å². The Hall–Kier alpha value is -2.82. The first-order chi connectivity index (χ1) is 13.1. The van der Waals surface area contributed by atoms with Gasteiger partial charge in [-0.2, -0.15) is 0 Å². The Labute approximate surface area is 160 Å². The smallest absolute Gasteiger partial charge is 0.228 e. The van der Waals surface area contributed by atoms with Crippen LogP contribution in [0.5, 0.6) is 0 Å². The summed E-state index contributed by atoms with van der Waals surface area (Å²) in [5.74, 6) is 0.669. The molecule has 2 atom stereocenters. The highest BCUT2D eigenvalue weighted by Gasteiger charge is 2.43. The molecule has 1 N–H and O–H groups in total. The van der Waals surface area contributed by atoms with E-state index in [9.17, 15) is 9.59 Å². The van der Waals surface area contributed by atoms with Crippen LogP contribution in [0.4, 0.5) is 11.4 Å². The number of piperazine rings is 1. The molecule has 0 spiro atoms. The number of rotatable bonds is 4. The van der Waals surface area contributed by atoms with Crippen molar-refractivity contribution in [1.82, 2.24) is 4.90 Å². The number of carbonyl (C=O) groups excluding carboxylic acids is 2. The van der Waals surface area contributed by atoms with Gasteiger partial charge in [0.05, 0.1) is 0 Å². The lowest BCUT2D eigenvalue weighted by atomic mass is 10.1. The second-order valence-corrected chi connectivity index (χ2v) is 7.39. The van der Waals surface area contributed by atoms with Crippen LogP contribution in [0.1, 0.15) is 24.8 Å². The lowest BCUT2D eigenvalue weighted by molar-refractivity contribution is -0.129. The van der Waals surface area contributed by atoms with Gasteiger partial charge in [0.1, 0.15) is 0 Å². The van der Waals surface area contributed by atoms with E-state index in [1.54, 1.807) is 6.92 Å². The third-order valence-corrected chi connectivity index (χ3v) is 5.58. The van der Waals surface area contributed by atoms with Gasteiger partial charge in [-0.05, 0) is 42.2 Å². The van der Waals surface area contributed by atoms with Crippen LogP contribution in [-0.2, 0) is 9.59 Å². The van der Waals surface area contributed by atoms with Crippen LogP contribution in [0.25, 0.3) is 0 Å². The van der Waals surface area contributed by atoms with Gasteiger partial charge in [-0.3, -0.25) is 9.59 Å². The molecule has 1 aliphatic carbocycles. The summed E-state index contributed by atoms with van der Waals surface area (Å²) in [6, 6.07) is 18.3. The Bertz CT molecular complexity index is 811. The topological polar surface area (TPSA) is 52.7 Å². The summed E-state index contributed by atoms with van der Waals surface area (Å²) >= 11 is 0. The van der Waals surface area contributed by atoms with Crippen LogP contribution in [0.3, 0.4) is 0 Å². The molecule has 2 aliphatic rings. The lowest BCUT2D eigenvalue weighted by Crippen LogP contribution is -2.48. The Morgan fingerprint density at radius 3 is 2.22 bits per heavy atom. The second kappa shape index (κ2) is 7.43. The van der Waals surface area contributed by atoms with Crippen molar-refractivity contribution in [3.8, 4) is 0 Å². The first-order valence-electron chi connectivity index (χ1n) is 9.58. The zero-order chi connectivity index (χ0) is 18.8. The van der Waals surface area contributed by atoms with E-state index in [4.69, 9.17) is 0 Å². The van der Waals surface area contributed by atoms with Crippen molar-refractivity contribution in [3.05, 3.63) is 60.2 Å². The van der Waals surface area contributed by atoms with Gasteiger partial charge >= 0.3 is 0 Å². The number of hydrogen-bond acceptors (Lipinski definition) is 3. The Morgan fingerprint density at radius 1 is 0.926 bits per heavy atom. The average molecular weight is 363 g/mol. The number of carbonyl (C=O) groups is 2. The van der Waals surface area contributed by atoms with E-state index in [2.05, 4.69) is 22.3 Å². The van der Waals surface area contributed by atoms with Crippen LogP contribution >= 0.6 is 0 Å². The molecule has 5 heteroatoms. The van der Waals surface area contributed by atoms with Crippen LogP contribution in [0, 0.1) is 5.92 Å². The lowest BCUT2D eigenvalue weighted by Gasteiger charge is -2.35. The van der Waals surface area contributed by atoms with Crippen LogP contribution in [-0.4, -0.2) is 42.9 Å². The molecule has 1 heterocycles. The quantitative estimate of drug-likeness (QED) is 0.908. The normalized spacial score (nSPS) is 21.7. The molecule has 27 heavy (non-hydrogen) atoms. The Balaban J connectivity index is 1.31. The maximum atomic E-state index is 12.5. The fraction of sp³-hybridized carbons (Fsp3) is 0.364. The van der Waals surface area contributed by atoms with Gasteiger partial charge < -0.3 is 15.1 Å². The van der Waals surface area contributed by atoms with Crippen LogP contribution in [0.15, 0.2) is 54.6 Å². The summed E-state index contributed by atoms with van der Waals surface area (Å²) in [6.07, 6.45) is 0.925. The van der Waals surface area contributed by atoms with Gasteiger partial charge in [-0.25, -0.2) is 0 Å². The van der Waals surface area contributed by atoms with Gasteiger partial charge in [0.2, 0.25) is 11.8 Å². The standard InChI is InChI=1S/C22H25N3O2/c1-16(26)24-11-13-25(14-12-24)19-9-7-18(8-10-19)23-22(27)21-15-20(21)17-5-3-2-4-6-17/h2-10,20-21H,11-15H2,1H3,(H,23,27). The third-order valence-electron chi connectivity index (χ3n) is 5.58. The zero-order valence-electron chi connectivity index (χ0n) is 15.6. The minimum Gasteiger partial charge on any atom is -0.368 e. The van der Waals surface area contributed by atoms with Crippen molar-refractivity contribution < 1.29 is 9.59 Å². The number of amides is 2. The van der Waals surface area contributed by atoms with E-state index in [1.807, 2.05) is 47.4 Å². The van der Waals surface area contributed by atoms with Crippen LogP contribution in [0.2, 0.25) is 0 Å². The number of nitrogens with one attached hydrogen (secondary N) is 1. The monoisotopic (exact) mass is 363 g/mol. The van der Waals surface area contributed by atoms with Gasteiger partial charge in [0.15, 0.2) is 0 Å². The highest BCUT2D eigenvalue weighted by molar-refractivity contribution is 5.95. The molecule has 0 bridgehead atoms. The van der Waals surface area contributed by atoms with Crippen molar-refractivity contribution in [2.75, 3.05) is 36.4 Å². The molecule has 1 saturated heterocycles. The zero-order valence-corrected chi connectivity index (χ0v) is 15.6. The highest BCUT2D eigenvalue weighted by atomic mass is 16.2. The number of hydrogen-bond donors (Lipinski definition) is 1. The van der Waals surface area contributed by atoms with E-state index >= 15 is 0 Å². The molecule has 1 saturated carbocycles. The molecule has 2 fully saturated rings. The van der Waals surface area contributed by atoms with Crippen molar-refractivity contribution >= 4 is 23.2 Å². The molecular weight excluding hydrogens is 338 g/mol. The van der Waals surface area contributed by atoms with E-state index in [-0.39, 0.29) is 17.7 Å². The Kier molecular flexibility index (Phi) is 4.84. The van der Waals surface area contributed by atoms with Crippen LogP contribution < -0.4 is 10.2 Å². The fourth-order valence-electron chi connectivity index (χ4n) is 3.82. The molecule has 0 aromatic heterocycles. The molecule has 0 radical (unpaired) electrons. The summed E-state index contributed by atoms with van der Waals surface area (Å²) in [4.78, 5) is 28.1. The Morgan fingerprint density at radius 2 is 1.59 bits per heavy atom. The minimum absolute atomic E-state index is 0.0757. The molecule has 4 rings (SSSR count). The van der Waals surface area contributed by atoms with E-state index < -0.39 is 0 Å². The number of nitrogens with zero attached hydrogens (tertiary/aromatic N) is 2. The largest absolute Gasteiger partial charge is 0.368 e. The van der Waals surface area contributed by atoms with Gasteiger partial charge in [0, 0.05) is 50.4 Å². The summed E-state index contributed by atoms with van der Waals surface area (Å²) < 4.78 is 0. The summed E-state index contributed by atoms with van der Waals surface area (Å²) in [5.41, 5.74) is 3.22. The van der Waals surface area contributed by atoms with E-state index in [0.717, 1.165) is 44.0 Å². The summed E-state index contributed by atoms with van der Waals surface area (Å²) in [7, 11) is 0. The predicted molar refractivity (Wildman–Crippen MR) is 107 cm³/mol. The van der Waals surface area contributed by atoms with E-state index in [0.29, 0.717) is 5.92 Å². The van der Waals surface area contributed by atoms with Crippen molar-refractivity contribution in [2.24, 2.45) is 5.92 Å². The molecule has 5 nitrogen and oxygen atoms in total. The average Bonchev–Trinajstić information content (AvgIpc) is 3.50. The summed E-state index contributed by atoms with van der Waals surface area (Å²) in [6.45, 7) is 4.82. The number of anilines is 2. The summed E-state index contributed by atoms with van der Waals surface area (Å²) in [5, 5.41) is 3.05. The maximum absolute atomic E-state index is 12.5. The molecule has 2 aromatic carbocycles. The molecule has 1 aliphatic heterocycles. The van der Waals surface area contributed by atoms with Crippen molar-refractivity contribution in [2.45, 2.75) is 19.3 Å². The maximum Gasteiger partial charge on any atom is 0.228 e. The van der Waals surface area contributed by atoms with Gasteiger partial charge in [-0.15, -0.1) is 0 Å². The predicted octanol–water partition coefficient (Wildman–Crippen LogP) is 3.10. The molecule has 2 aromatic rings. The highest BCUT2D eigenvalue weighted by Crippen LogP contribution is 2.47. The molecule has 2 amide bonds. The second-order valence-electron chi connectivity index (χ2n) is 7.39. The van der Waals surface area contributed by atoms with Crippen molar-refractivity contribution in [1.29, 1.82) is 0 Å². The van der Waals surface area contributed by atoms with Gasteiger partial charge in [-0.1, -0.05) is 30.3 Å².